The molecule has 0 bridgehead atoms. The van der Waals surface area contributed by atoms with Crippen LogP contribution in [0.2, 0.25) is 0 Å². The van der Waals surface area contributed by atoms with Gasteiger partial charge < -0.3 is 36.6 Å². The number of nitrogens with one attached hydrogen (secondary N) is 4. The van der Waals surface area contributed by atoms with Gasteiger partial charge in [-0.15, -0.1) is 0 Å². The molecule has 0 radical (unpaired) electrons. The predicted octanol–water partition coefficient (Wildman–Crippen LogP) is 1.48. The molecule has 1 fully saturated rings. The molecule has 3 aromatic rings. The van der Waals surface area contributed by atoms with E-state index in [0.29, 0.717) is 31.5 Å². The number of fused-ring (bicyclic) bond motifs is 1. The van der Waals surface area contributed by atoms with Gasteiger partial charge in [0.2, 0.25) is 5.91 Å². The van der Waals surface area contributed by atoms with Gasteiger partial charge in [-0.1, -0.05) is 18.2 Å². The number of hydrogen-bond acceptors (Lipinski definition) is 6. The lowest BCUT2D eigenvalue weighted by Gasteiger charge is -2.13. The van der Waals surface area contributed by atoms with Crippen molar-refractivity contribution < 1.29 is 39.7 Å². The highest BCUT2D eigenvalue weighted by Gasteiger charge is 2.37. The number of benzene rings is 2. The monoisotopic (exact) mass is 581 g/mol. The summed E-state index contributed by atoms with van der Waals surface area (Å²) in [7, 11) is 1.93. The molecule has 2 aromatic carbocycles. The lowest BCUT2D eigenvalue weighted by Crippen LogP contribution is -2.33. The van der Waals surface area contributed by atoms with Crippen LogP contribution in [0.1, 0.15) is 23.6 Å². The summed E-state index contributed by atoms with van der Waals surface area (Å²) < 4.78 is 0. The van der Waals surface area contributed by atoms with E-state index < -0.39 is 18.0 Å². The fourth-order valence-electron chi connectivity index (χ4n) is 4.32. The number of aromatic amines is 1. The quantitative estimate of drug-likeness (QED) is 0.144. The summed E-state index contributed by atoms with van der Waals surface area (Å²) in [4.78, 5) is 60.2. The first kappa shape index (κ1) is 33.2. The average molecular weight is 582 g/mol. The standard InChI is InChI=1S/C25H29N5O3.C4H4O4.H2O/c1-16(31)28-20-6-3-17(4-7-20)10-12-30-24(32)23(29-25(30)33)14-18-5-8-22-21(13-18)19(15-27-22)9-11-26-2;5-3(6)1-2-4(7)8;/h3-8,13,15,23,26-27H,9-12,14H2,1-2H3,(H,28,31)(H,29,33);1-2H,(H,5,6)(H,7,8);1H2/b;2-1-;. The van der Waals surface area contributed by atoms with Gasteiger partial charge in [0.15, 0.2) is 0 Å². The first-order valence-electron chi connectivity index (χ1n) is 12.9. The van der Waals surface area contributed by atoms with E-state index in [9.17, 15) is 24.0 Å². The second-order valence-electron chi connectivity index (χ2n) is 9.38. The molecule has 4 amide bonds. The third-order valence-electron chi connectivity index (χ3n) is 6.29. The van der Waals surface area contributed by atoms with Crippen LogP contribution in [-0.4, -0.2) is 81.5 Å². The molecule has 0 aliphatic carbocycles. The van der Waals surface area contributed by atoms with Crippen molar-refractivity contribution in [2.24, 2.45) is 0 Å². The van der Waals surface area contributed by atoms with E-state index in [2.05, 4.69) is 27.0 Å². The number of carbonyl (C=O) groups is 5. The van der Waals surface area contributed by atoms with Crippen LogP contribution in [0.15, 0.2) is 60.8 Å². The minimum absolute atomic E-state index is 0. The number of carboxylic acid groups (broad SMARTS) is 2. The number of likely N-dealkylation sites (N-methyl/N-ethyl adjacent to an activating group) is 1. The van der Waals surface area contributed by atoms with E-state index in [4.69, 9.17) is 10.2 Å². The van der Waals surface area contributed by atoms with Crippen molar-refractivity contribution in [2.45, 2.75) is 32.2 Å². The lowest BCUT2D eigenvalue weighted by atomic mass is 10.0. The maximum absolute atomic E-state index is 12.9. The summed E-state index contributed by atoms with van der Waals surface area (Å²) in [6, 6.07) is 12.6. The van der Waals surface area contributed by atoms with E-state index in [-0.39, 0.29) is 23.3 Å². The zero-order valence-corrected chi connectivity index (χ0v) is 23.3. The van der Waals surface area contributed by atoms with Crippen molar-refractivity contribution in [1.82, 2.24) is 20.5 Å². The van der Waals surface area contributed by atoms with Gasteiger partial charge in [0, 0.05) is 54.8 Å². The van der Waals surface area contributed by atoms with Crippen LogP contribution in [-0.2, 0) is 38.4 Å². The number of H-pyrrole nitrogens is 1. The number of anilines is 1. The summed E-state index contributed by atoms with van der Waals surface area (Å²) >= 11 is 0. The molecule has 13 nitrogen and oxygen atoms in total. The number of aliphatic carboxylic acids is 2. The smallest absolute Gasteiger partial charge is 0.328 e. The van der Waals surface area contributed by atoms with Crippen LogP contribution >= 0.6 is 0 Å². The molecular weight excluding hydrogens is 546 g/mol. The fraction of sp³-hybridized carbons (Fsp3) is 0.276. The van der Waals surface area contributed by atoms with Gasteiger partial charge in [0.05, 0.1) is 0 Å². The molecule has 42 heavy (non-hydrogen) atoms. The molecule has 0 saturated carbocycles. The van der Waals surface area contributed by atoms with E-state index >= 15 is 0 Å². The van der Waals surface area contributed by atoms with Crippen molar-refractivity contribution >= 4 is 46.4 Å². The minimum atomic E-state index is -1.26. The van der Waals surface area contributed by atoms with Crippen LogP contribution in [0, 0.1) is 0 Å². The minimum Gasteiger partial charge on any atom is -0.478 e. The third kappa shape index (κ3) is 9.57. The molecule has 0 spiro atoms. The number of hydrogen-bond donors (Lipinski definition) is 6. The first-order chi connectivity index (χ1) is 19.6. The maximum atomic E-state index is 12.9. The molecular formula is C29H35N5O8. The summed E-state index contributed by atoms with van der Waals surface area (Å²) in [6.07, 6.45) is 5.07. The Morgan fingerprint density at radius 3 is 2.21 bits per heavy atom. The number of aromatic nitrogens is 1. The van der Waals surface area contributed by atoms with Gasteiger partial charge in [-0.2, -0.15) is 0 Å². The first-order valence-corrected chi connectivity index (χ1v) is 12.9. The SMILES string of the molecule is CNCCc1c[nH]c2ccc(CC3NC(=O)N(CCc4ccc(NC(C)=O)cc4)C3=O)cc12.O.O=C(O)/C=C\C(=O)O. The highest BCUT2D eigenvalue weighted by molar-refractivity contribution is 6.04. The van der Waals surface area contributed by atoms with Crippen LogP contribution in [0.3, 0.4) is 0 Å². The number of rotatable bonds is 11. The number of carboxylic acids is 2. The number of carbonyl (C=O) groups excluding carboxylic acids is 3. The molecule has 1 aliphatic heterocycles. The van der Waals surface area contributed by atoms with Gasteiger partial charge in [0.1, 0.15) is 6.04 Å². The zero-order valence-electron chi connectivity index (χ0n) is 23.3. The third-order valence-corrected chi connectivity index (χ3v) is 6.29. The van der Waals surface area contributed by atoms with Gasteiger partial charge in [-0.05, 0) is 67.4 Å². The average Bonchev–Trinajstić information content (AvgIpc) is 3.45. The number of imide groups is 1. The van der Waals surface area contributed by atoms with E-state index in [1.165, 1.54) is 17.4 Å². The van der Waals surface area contributed by atoms with Crippen LogP contribution in [0.4, 0.5) is 10.5 Å². The van der Waals surface area contributed by atoms with Crippen LogP contribution in [0.25, 0.3) is 10.9 Å². The lowest BCUT2D eigenvalue weighted by molar-refractivity contribution is -0.134. The van der Waals surface area contributed by atoms with Crippen LogP contribution in [0.5, 0.6) is 0 Å². The Hall–Kier alpha value is -5.01. The molecule has 224 valence electrons. The number of amides is 4. The van der Waals surface area contributed by atoms with Crippen LogP contribution < -0.4 is 16.0 Å². The Bertz CT molecular complexity index is 1430. The van der Waals surface area contributed by atoms with Gasteiger partial charge in [-0.3, -0.25) is 14.5 Å². The fourth-order valence-corrected chi connectivity index (χ4v) is 4.32. The zero-order chi connectivity index (χ0) is 29.9. The van der Waals surface area contributed by atoms with E-state index in [1.807, 2.05) is 49.6 Å². The maximum Gasteiger partial charge on any atom is 0.328 e. The van der Waals surface area contributed by atoms with Crippen molar-refractivity contribution in [3.05, 3.63) is 77.5 Å². The molecule has 4 rings (SSSR count). The second-order valence-corrected chi connectivity index (χ2v) is 9.38. The van der Waals surface area contributed by atoms with Crippen molar-refractivity contribution in [3.8, 4) is 0 Å². The second kappa shape index (κ2) is 15.7. The Kier molecular flexibility index (Phi) is 12.4. The summed E-state index contributed by atoms with van der Waals surface area (Å²) in [5.41, 5.74) is 5.02. The van der Waals surface area contributed by atoms with E-state index in [1.54, 1.807) is 0 Å². The summed E-state index contributed by atoms with van der Waals surface area (Å²) in [5, 5.41) is 25.5. The molecule has 1 aliphatic rings. The molecule has 2 heterocycles. The predicted molar refractivity (Wildman–Crippen MR) is 156 cm³/mol. The van der Waals surface area contributed by atoms with Gasteiger partial charge in [-0.25, -0.2) is 14.4 Å². The molecule has 1 saturated heterocycles. The molecule has 1 unspecified atom stereocenters. The number of nitrogens with zero attached hydrogens (tertiary/aromatic N) is 1. The Morgan fingerprint density at radius 2 is 1.62 bits per heavy atom. The highest BCUT2D eigenvalue weighted by Crippen LogP contribution is 2.22. The number of urea groups is 1. The molecule has 13 heteroatoms. The largest absolute Gasteiger partial charge is 0.478 e. The molecule has 1 aromatic heterocycles. The summed E-state index contributed by atoms with van der Waals surface area (Å²) in [5.74, 6) is -2.84. The summed E-state index contributed by atoms with van der Waals surface area (Å²) in [6.45, 7) is 2.66. The van der Waals surface area contributed by atoms with Gasteiger partial charge >= 0.3 is 18.0 Å². The normalized spacial score (nSPS) is 14.2. The topological polar surface area (TPSA) is 212 Å². The molecule has 1 atom stereocenters. The Morgan fingerprint density at radius 1 is 0.976 bits per heavy atom. The van der Waals surface area contributed by atoms with Crippen molar-refractivity contribution in [1.29, 1.82) is 0 Å². The highest BCUT2D eigenvalue weighted by atomic mass is 16.4. The van der Waals surface area contributed by atoms with E-state index in [0.717, 1.165) is 40.7 Å². The van der Waals surface area contributed by atoms with Crippen molar-refractivity contribution in [2.75, 3.05) is 25.5 Å². The van der Waals surface area contributed by atoms with Gasteiger partial charge in [0.25, 0.3) is 5.91 Å². The Balaban J connectivity index is 0.000000603. The molecule has 8 N–H and O–H groups in total. The van der Waals surface area contributed by atoms with Crippen molar-refractivity contribution in [3.63, 3.8) is 0 Å². The Labute approximate surface area is 241 Å².